The molecule has 0 saturated heterocycles. The molecule has 8 heteroatoms. The summed E-state index contributed by atoms with van der Waals surface area (Å²) < 4.78 is 3.43. The molecule has 3 aromatic heterocycles. The maximum absolute atomic E-state index is 12.3. The average molecular weight is 399 g/mol. The Morgan fingerprint density at radius 1 is 1.29 bits per heavy atom. The van der Waals surface area contributed by atoms with Crippen LogP contribution in [0.1, 0.15) is 50.4 Å². The molecule has 148 valence electrons. The molecule has 0 aromatic carbocycles. The lowest BCUT2D eigenvalue weighted by molar-refractivity contribution is 0.290. The van der Waals surface area contributed by atoms with Crippen molar-refractivity contribution in [3.05, 3.63) is 51.2 Å². The normalized spacial score (nSPS) is 15.9. The predicted molar refractivity (Wildman–Crippen MR) is 112 cm³/mol. The minimum absolute atomic E-state index is 0.00777. The van der Waals surface area contributed by atoms with E-state index in [1.807, 2.05) is 17.8 Å². The molecule has 0 aliphatic carbocycles. The van der Waals surface area contributed by atoms with Crippen molar-refractivity contribution in [1.82, 2.24) is 29.3 Å². The zero-order chi connectivity index (χ0) is 19.9. The third kappa shape index (κ3) is 3.79. The Hall–Kier alpha value is -2.32. The van der Waals surface area contributed by atoms with E-state index in [0.29, 0.717) is 11.5 Å². The van der Waals surface area contributed by atoms with Gasteiger partial charge in [-0.3, -0.25) is 14.4 Å². The Kier molecular flexibility index (Phi) is 4.93. The highest BCUT2D eigenvalue weighted by Crippen LogP contribution is 2.24. The van der Waals surface area contributed by atoms with Gasteiger partial charge < -0.3 is 0 Å². The summed E-state index contributed by atoms with van der Waals surface area (Å²) in [6.07, 6.45) is 8.14. The number of aryl methyl sites for hydroxylation is 1. The molecular weight excluding hydrogens is 372 g/mol. The standard InChI is InChI=1S/C20H26N6OS/c1-5-17-23-26-18(27)10-16(22-19(26)28-17)13-24-8-6-14(7-9-24)15-11-21-25(12-15)20(2,3)4/h6,10-12H,5,7-9,13H2,1-4H3. The zero-order valence-corrected chi connectivity index (χ0v) is 17.7. The number of rotatable bonds is 4. The first-order chi connectivity index (χ1) is 13.3. The van der Waals surface area contributed by atoms with Gasteiger partial charge in [0.15, 0.2) is 0 Å². The summed E-state index contributed by atoms with van der Waals surface area (Å²) >= 11 is 1.49. The fraction of sp³-hybridized carbons (Fsp3) is 0.500. The number of fused-ring (bicyclic) bond motifs is 1. The van der Waals surface area contributed by atoms with Crippen molar-refractivity contribution < 1.29 is 0 Å². The summed E-state index contributed by atoms with van der Waals surface area (Å²) in [6.45, 7) is 11.0. The summed E-state index contributed by atoms with van der Waals surface area (Å²) in [5.41, 5.74) is 3.24. The molecule has 1 aliphatic rings. The maximum atomic E-state index is 12.3. The van der Waals surface area contributed by atoms with Crippen LogP contribution < -0.4 is 5.56 Å². The van der Waals surface area contributed by atoms with Crippen LogP contribution in [0.2, 0.25) is 0 Å². The topological polar surface area (TPSA) is 68.3 Å². The molecule has 0 saturated carbocycles. The van der Waals surface area contributed by atoms with Gasteiger partial charge in [0, 0.05) is 37.5 Å². The number of aromatic nitrogens is 5. The van der Waals surface area contributed by atoms with Crippen molar-refractivity contribution in [3.8, 4) is 0 Å². The Morgan fingerprint density at radius 2 is 2.11 bits per heavy atom. The van der Waals surface area contributed by atoms with Gasteiger partial charge in [0.1, 0.15) is 5.01 Å². The lowest BCUT2D eigenvalue weighted by Gasteiger charge is -2.25. The highest BCUT2D eigenvalue weighted by Gasteiger charge is 2.19. The molecule has 0 amide bonds. The molecule has 0 N–H and O–H groups in total. The molecule has 4 heterocycles. The SMILES string of the molecule is CCc1nn2c(=O)cc(CN3CC=C(c4cnn(C(C)(C)C)c4)CC3)nc2s1. The van der Waals surface area contributed by atoms with Gasteiger partial charge in [-0.2, -0.15) is 14.7 Å². The van der Waals surface area contributed by atoms with Crippen molar-refractivity contribution in [1.29, 1.82) is 0 Å². The predicted octanol–water partition coefficient (Wildman–Crippen LogP) is 2.95. The molecule has 0 atom stereocenters. The Morgan fingerprint density at radius 3 is 2.75 bits per heavy atom. The molecule has 28 heavy (non-hydrogen) atoms. The van der Waals surface area contributed by atoms with E-state index < -0.39 is 0 Å². The van der Waals surface area contributed by atoms with E-state index in [2.05, 4.69) is 53.1 Å². The number of hydrogen-bond acceptors (Lipinski definition) is 6. The fourth-order valence-corrected chi connectivity index (χ4v) is 4.18. The van der Waals surface area contributed by atoms with E-state index in [-0.39, 0.29) is 11.1 Å². The van der Waals surface area contributed by atoms with Gasteiger partial charge >= 0.3 is 0 Å². The number of hydrogen-bond donors (Lipinski definition) is 0. The van der Waals surface area contributed by atoms with E-state index in [1.165, 1.54) is 27.0 Å². The van der Waals surface area contributed by atoms with Crippen LogP contribution in [-0.2, 0) is 18.5 Å². The smallest absolute Gasteiger partial charge is 0.275 e. The van der Waals surface area contributed by atoms with Crippen molar-refractivity contribution >= 4 is 21.9 Å². The molecular formula is C20H26N6OS. The van der Waals surface area contributed by atoms with Crippen molar-refractivity contribution in [2.75, 3.05) is 13.1 Å². The summed E-state index contributed by atoms with van der Waals surface area (Å²) in [6, 6.07) is 1.61. The first kappa shape index (κ1) is 19.0. The van der Waals surface area contributed by atoms with Crippen LogP contribution >= 0.6 is 11.3 Å². The van der Waals surface area contributed by atoms with Gasteiger partial charge in [-0.25, -0.2) is 4.98 Å². The van der Waals surface area contributed by atoms with Crippen LogP contribution in [0.4, 0.5) is 0 Å². The molecule has 0 unspecified atom stereocenters. The first-order valence-corrected chi connectivity index (χ1v) is 10.5. The molecule has 0 radical (unpaired) electrons. The average Bonchev–Trinajstić information content (AvgIpc) is 3.29. The van der Waals surface area contributed by atoms with Crippen LogP contribution in [0.25, 0.3) is 10.5 Å². The van der Waals surface area contributed by atoms with Gasteiger partial charge in [-0.05, 0) is 39.2 Å². The molecule has 0 spiro atoms. The Labute approximate surface area is 168 Å². The molecule has 1 aliphatic heterocycles. The van der Waals surface area contributed by atoms with Gasteiger partial charge in [0.2, 0.25) is 4.96 Å². The quantitative estimate of drug-likeness (QED) is 0.676. The molecule has 0 bridgehead atoms. The lowest BCUT2D eigenvalue weighted by Crippen LogP contribution is -2.29. The summed E-state index contributed by atoms with van der Waals surface area (Å²) in [5.74, 6) is 0. The van der Waals surface area contributed by atoms with E-state index >= 15 is 0 Å². The summed E-state index contributed by atoms with van der Waals surface area (Å²) in [5, 5.41) is 9.75. The Bertz CT molecular complexity index is 1080. The molecule has 4 rings (SSSR count). The van der Waals surface area contributed by atoms with Crippen LogP contribution in [-0.4, -0.2) is 42.4 Å². The fourth-order valence-electron chi connectivity index (χ4n) is 3.32. The molecule has 3 aromatic rings. The second-order valence-electron chi connectivity index (χ2n) is 8.19. The van der Waals surface area contributed by atoms with Crippen molar-refractivity contribution in [3.63, 3.8) is 0 Å². The molecule has 0 fully saturated rings. The zero-order valence-electron chi connectivity index (χ0n) is 16.8. The van der Waals surface area contributed by atoms with Crippen LogP contribution in [0.15, 0.2) is 29.3 Å². The third-order valence-electron chi connectivity index (χ3n) is 4.96. The highest BCUT2D eigenvalue weighted by atomic mass is 32.1. The minimum Gasteiger partial charge on any atom is -0.294 e. The Balaban J connectivity index is 1.47. The summed E-state index contributed by atoms with van der Waals surface area (Å²) in [7, 11) is 0. The van der Waals surface area contributed by atoms with E-state index in [0.717, 1.165) is 36.6 Å². The monoisotopic (exact) mass is 398 g/mol. The van der Waals surface area contributed by atoms with E-state index in [9.17, 15) is 4.79 Å². The van der Waals surface area contributed by atoms with Crippen molar-refractivity contribution in [2.45, 2.75) is 52.6 Å². The maximum Gasteiger partial charge on any atom is 0.275 e. The van der Waals surface area contributed by atoms with Gasteiger partial charge in [-0.1, -0.05) is 24.3 Å². The number of nitrogens with zero attached hydrogens (tertiary/aromatic N) is 6. The second-order valence-corrected chi connectivity index (χ2v) is 9.23. The van der Waals surface area contributed by atoms with Crippen LogP contribution in [0.5, 0.6) is 0 Å². The van der Waals surface area contributed by atoms with Gasteiger partial charge in [-0.15, -0.1) is 0 Å². The largest absolute Gasteiger partial charge is 0.294 e. The van der Waals surface area contributed by atoms with Gasteiger partial charge in [0.25, 0.3) is 5.56 Å². The van der Waals surface area contributed by atoms with Crippen molar-refractivity contribution in [2.24, 2.45) is 0 Å². The first-order valence-electron chi connectivity index (χ1n) is 9.69. The highest BCUT2D eigenvalue weighted by molar-refractivity contribution is 7.16. The second kappa shape index (κ2) is 7.25. The van der Waals surface area contributed by atoms with Gasteiger partial charge in [0.05, 0.1) is 17.4 Å². The van der Waals surface area contributed by atoms with Crippen LogP contribution in [0, 0.1) is 0 Å². The van der Waals surface area contributed by atoms with Crippen LogP contribution in [0.3, 0.4) is 0 Å². The minimum atomic E-state index is -0.0983. The van der Waals surface area contributed by atoms with E-state index in [4.69, 9.17) is 0 Å². The van der Waals surface area contributed by atoms with E-state index in [1.54, 1.807) is 6.07 Å². The summed E-state index contributed by atoms with van der Waals surface area (Å²) in [4.78, 5) is 20.0. The third-order valence-corrected chi connectivity index (χ3v) is 6.01. The lowest BCUT2D eigenvalue weighted by atomic mass is 10.0. The molecule has 7 nitrogen and oxygen atoms in total.